The normalized spacial score (nSPS) is 12.2. The first-order valence-corrected chi connectivity index (χ1v) is 15.3. The maximum Gasteiger partial charge on any atom is 0.133 e. The monoisotopic (exact) mass is 582 g/mol. The van der Waals surface area contributed by atoms with Gasteiger partial charge in [0.2, 0.25) is 0 Å². The standard InChI is InChI=1S/C40H40N2O2/c1-41(2,25-29-15-7-5-8-16-29)27-33-23-31-19-11-13-21-35(31)37(39(33)43)38-36-22-14-12-20-32(36)24-34(40(38)44)28-42(3,4)26-30-17-9-6-10-18-30/h5-24H,25-28H2,1-4H3/p+2. The van der Waals surface area contributed by atoms with Crippen molar-refractivity contribution in [1.29, 1.82) is 0 Å². The van der Waals surface area contributed by atoms with Crippen LogP contribution in [0, 0.1) is 0 Å². The summed E-state index contributed by atoms with van der Waals surface area (Å²) in [4.78, 5) is 0. The molecule has 44 heavy (non-hydrogen) atoms. The summed E-state index contributed by atoms with van der Waals surface area (Å²) < 4.78 is 1.35. The Morgan fingerprint density at radius 1 is 0.432 bits per heavy atom. The second-order valence-corrected chi connectivity index (χ2v) is 13.4. The molecule has 0 atom stereocenters. The molecule has 0 bridgehead atoms. The van der Waals surface area contributed by atoms with E-state index in [1.54, 1.807) is 0 Å². The van der Waals surface area contributed by atoms with Crippen LogP contribution in [-0.2, 0) is 26.2 Å². The highest BCUT2D eigenvalue weighted by molar-refractivity contribution is 6.10. The van der Waals surface area contributed by atoms with Gasteiger partial charge in [0.25, 0.3) is 0 Å². The zero-order chi connectivity index (χ0) is 30.9. The summed E-state index contributed by atoms with van der Waals surface area (Å²) in [6, 6.07) is 41.6. The van der Waals surface area contributed by atoms with Crippen LogP contribution in [0.1, 0.15) is 22.3 Å². The van der Waals surface area contributed by atoms with E-state index in [9.17, 15) is 10.2 Å². The van der Waals surface area contributed by atoms with Crippen LogP contribution in [0.2, 0.25) is 0 Å². The van der Waals surface area contributed by atoms with Crippen LogP contribution in [0.25, 0.3) is 32.7 Å². The fourth-order valence-corrected chi connectivity index (χ4v) is 6.73. The second-order valence-electron chi connectivity index (χ2n) is 13.4. The number of aromatic hydroxyl groups is 2. The molecule has 0 aliphatic heterocycles. The highest BCUT2D eigenvalue weighted by atomic mass is 16.3. The van der Waals surface area contributed by atoms with Gasteiger partial charge in [-0.15, -0.1) is 0 Å². The molecule has 4 nitrogen and oxygen atoms in total. The molecule has 222 valence electrons. The van der Waals surface area contributed by atoms with Gasteiger partial charge in [0.15, 0.2) is 0 Å². The third kappa shape index (κ3) is 6.19. The van der Waals surface area contributed by atoms with Crippen molar-refractivity contribution in [2.45, 2.75) is 26.2 Å². The van der Waals surface area contributed by atoms with Gasteiger partial charge in [-0.25, -0.2) is 0 Å². The van der Waals surface area contributed by atoms with Gasteiger partial charge >= 0.3 is 0 Å². The maximum atomic E-state index is 12.1. The Bertz CT molecular complexity index is 1790. The maximum absolute atomic E-state index is 12.1. The molecule has 2 N–H and O–H groups in total. The predicted molar refractivity (Wildman–Crippen MR) is 182 cm³/mol. The first-order valence-electron chi connectivity index (χ1n) is 15.3. The van der Waals surface area contributed by atoms with Gasteiger partial charge < -0.3 is 19.2 Å². The number of rotatable bonds is 9. The van der Waals surface area contributed by atoms with Crippen molar-refractivity contribution in [1.82, 2.24) is 0 Å². The van der Waals surface area contributed by atoms with Gasteiger partial charge in [-0.1, -0.05) is 109 Å². The molecule has 0 aromatic heterocycles. The summed E-state index contributed by atoms with van der Waals surface area (Å²) in [6.45, 7) is 2.94. The molecule has 0 unspecified atom stereocenters. The molecule has 0 aliphatic rings. The van der Waals surface area contributed by atoms with E-state index in [1.807, 2.05) is 36.4 Å². The van der Waals surface area contributed by atoms with Crippen LogP contribution < -0.4 is 0 Å². The first kappa shape index (κ1) is 29.4. The first-order chi connectivity index (χ1) is 21.1. The van der Waals surface area contributed by atoms with Gasteiger partial charge in [0, 0.05) is 33.4 Å². The van der Waals surface area contributed by atoms with Crippen LogP contribution in [0.15, 0.2) is 121 Å². The van der Waals surface area contributed by atoms with Crippen LogP contribution in [0.4, 0.5) is 0 Å². The van der Waals surface area contributed by atoms with Crippen LogP contribution in [0.5, 0.6) is 11.5 Å². The van der Waals surface area contributed by atoms with Crippen molar-refractivity contribution >= 4 is 21.5 Å². The number of fused-ring (bicyclic) bond motifs is 2. The van der Waals surface area contributed by atoms with Crippen molar-refractivity contribution in [3.63, 3.8) is 0 Å². The van der Waals surface area contributed by atoms with Gasteiger partial charge in [-0.3, -0.25) is 0 Å². The summed E-state index contributed by atoms with van der Waals surface area (Å²) in [5.74, 6) is 0.470. The zero-order valence-electron chi connectivity index (χ0n) is 26.2. The number of phenolic OH excluding ortho intramolecular Hbond substituents is 2. The lowest BCUT2D eigenvalue weighted by Gasteiger charge is -2.31. The van der Waals surface area contributed by atoms with Crippen molar-refractivity contribution in [2.24, 2.45) is 0 Å². The smallest absolute Gasteiger partial charge is 0.133 e. The highest BCUT2D eigenvalue weighted by Crippen LogP contribution is 2.48. The molecule has 0 saturated heterocycles. The summed E-state index contributed by atoms with van der Waals surface area (Å²) in [5.41, 5.74) is 5.64. The van der Waals surface area contributed by atoms with Crippen molar-refractivity contribution in [2.75, 3.05) is 28.2 Å². The van der Waals surface area contributed by atoms with E-state index >= 15 is 0 Å². The van der Waals surface area contributed by atoms with E-state index in [0.29, 0.717) is 33.2 Å². The molecule has 0 aliphatic carbocycles. The molecular formula is C40H42N2O2+2. The van der Waals surface area contributed by atoms with Crippen molar-refractivity contribution in [3.05, 3.63) is 144 Å². The van der Waals surface area contributed by atoms with E-state index in [4.69, 9.17) is 0 Å². The quantitative estimate of drug-likeness (QED) is 0.168. The Morgan fingerprint density at radius 2 is 0.773 bits per heavy atom. The third-order valence-electron chi connectivity index (χ3n) is 8.56. The lowest BCUT2D eigenvalue weighted by molar-refractivity contribution is -0.916. The Labute approximate surface area is 260 Å². The molecule has 6 aromatic carbocycles. The van der Waals surface area contributed by atoms with E-state index in [1.165, 1.54) is 11.1 Å². The number of benzene rings is 6. The topological polar surface area (TPSA) is 40.5 Å². The molecule has 6 rings (SSSR count). The van der Waals surface area contributed by atoms with Crippen molar-refractivity contribution in [3.8, 4) is 22.6 Å². The number of quaternary nitrogens is 2. The molecule has 0 radical (unpaired) electrons. The van der Waals surface area contributed by atoms with Crippen LogP contribution in [-0.4, -0.2) is 47.4 Å². The molecule has 0 amide bonds. The molecule has 0 saturated carbocycles. The van der Waals surface area contributed by atoms with E-state index < -0.39 is 0 Å². The number of phenols is 2. The largest absolute Gasteiger partial charge is 0.507 e. The van der Waals surface area contributed by atoms with E-state index in [-0.39, 0.29) is 11.5 Å². The molecule has 0 fully saturated rings. The average molecular weight is 583 g/mol. The van der Waals surface area contributed by atoms with Gasteiger partial charge in [-0.2, -0.15) is 0 Å². The molecule has 0 heterocycles. The molecule has 6 aromatic rings. The van der Waals surface area contributed by atoms with Gasteiger partial charge in [-0.05, 0) is 33.7 Å². The second kappa shape index (κ2) is 11.8. The highest BCUT2D eigenvalue weighted by Gasteiger charge is 2.27. The number of hydrogen-bond acceptors (Lipinski definition) is 2. The third-order valence-corrected chi connectivity index (χ3v) is 8.56. The molecule has 4 heteroatoms. The molecular weight excluding hydrogens is 540 g/mol. The summed E-state index contributed by atoms with van der Waals surface area (Å²) in [5, 5.41) is 28.2. The zero-order valence-corrected chi connectivity index (χ0v) is 26.2. The summed E-state index contributed by atoms with van der Waals surface area (Å²) in [7, 11) is 8.78. The predicted octanol–water partition coefficient (Wildman–Crippen LogP) is 8.62. The summed E-state index contributed by atoms with van der Waals surface area (Å²) >= 11 is 0. The minimum atomic E-state index is 0.235. The number of hydrogen-bond donors (Lipinski definition) is 2. The number of nitrogens with zero attached hydrogens (tertiary/aromatic N) is 2. The summed E-state index contributed by atoms with van der Waals surface area (Å²) in [6.07, 6.45) is 0. The Kier molecular flexibility index (Phi) is 7.89. The molecule has 0 spiro atoms. The van der Waals surface area contributed by atoms with Crippen LogP contribution >= 0.6 is 0 Å². The average Bonchev–Trinajstić information content (AvgIpc) is 2.99. The SMILES string of the molecule is C[N+](C)(Cc1ccccc1)Cc1cc2ccccc2c(-c2c(O)c(C[N+](C)(C)Cc3ccccc3)cc3ccccc23)c1O. The Morgan fingerprint density at radius 3 is 1.16 bits per heavy atom. The minimum absolute atomic E-state index is 0.235. The van der Waals surface area contributed by atoms with Crippen LogP contribution in [0.3, 0.4) is 0 Å². The lowest BCUT2D eigenvalue weighted by atomic mass is 9.88. The van der Waals surface area contributed by atoms with E-state index in [0.717, 1.165) is 45.8 Å². The fourth-order valence-electron chi connectivity index (χ4n) is 6.73. The minimum Gasteiger partial charge on any atom is -0.507 e. The Balaban J connectivity index is 1.50. The Hall–Kier alpha value is -4.64. The fraction of sp³-hybridized carbons (Fsp3) is 0.200. The van der Waals surface area contributed by atoms with Crippen molar-refractivity contribution < 1.29 is 19.2 Å². The lowest BCUT2D eigenvalue weighted by Crippen LogP contribution is -2.38. The van der Waals surface area contributed by atoms with Gasteiger partial charge in [0.05, 0.1) is 28.2 Å². The van der Waals surface area contributed by atoms with E-state index in [2.05, 4.69) is 113 Å². The van der Waals surface area contributed by atoms with Gasteiger partial charge in [0.1, 0.15) is 37.7 Å².